The van der Waals surface area contributed by atoms with Gasteiger partial charge in [-0.25, -0.2) is 0 Å². The maximum atomic E-state index is 5.40. The molecule has 0 aromatic rings. The molecule has 0 rings (SSSR count). The molecule has 0 saturated carbocycles. The second-order valence-electron chi connectivity index (χ2n) is 3.71. The first-order valence-electron chi connectivity index (χ1n) is 4.40. The molecule has 0 heterocycles. The Morgan fingerprint density at radius 1 is 1.36 bits per heavy atom. The molecule has 0 radical (unpaired) electrons. The Kier molecular flexibility index (Phi) is 6.06. The lowest BCUT2D eigenvalue weighted by molar-refractivity contribution is 0.408. The van der Waals surface area contributed by atoms with E-state index in [1.54, 1.807) is 0 Å². The Hall–Kier alpha value is 0.310. The summed E-state index contributed by atoms with van der Waals surface area (Å²) in [4.78, 5) is 0. The van der Waals surface area contributed by atoms with Crippen molar-refractivity contribution in [2.75, 3.05) is 18.1 Å². The largest absolute Gasteiger partial charge is 0.330 e. The van der Waals surface area contributed by atoms with Crippen molar-refractivity contribution in [1.29, 1.82) is 0 Å². The molecule has 2 N–H and O–H groups in total. The average molecular weight is 175 g/mol. The fourth-order valence-electron chi connectivity index (χ4n) is 0.636. The quantitative estimate of drug-likeness (QED) is 0.628. The highest BCUT2D eigenvalue weighted by Crippen LogP contribution is 2.25. The van der Waals surface area contributed by atoms with E-state index in [1.807, 2.05) is 11.8 Å². The summed E-state index contributed by atoms with van der Waals surface area (Å²) in [5, 5.41) is 0. The molecule has 1 nitrogen and oxygen atoms in total. The molecule has 0 saturated heterocycles. The van der Waals surface area contributed by atoms with Gasteiger partial charge in [0.2, 0.25) is 0 Å². The number of hydrogen-bond acceptors (Lipinski definition) is 2. The fraction of sp³-hybridized carbons (Fsp3) is 1.00. The Morgan fingerprint density at radius 2 is 2.00 bits per heavy atom. The Labute approximate surface area is 75.1 Å². The zero-order valence-corrected chi connectivity index (χ0v) is 8.84. The minimum absolute atomic E-state index is 0.513. The summed E-state index contributed by atoms with van der Waals surface area (Å²) < 4.78 is 0. The van der Waals surface area contributed by atoms with Gasteiger partial charge in [-0.1, -0.05) is 27.2 Å². The highest BCUT2D eigenvalue weighted by atomic mass is 32.2. The van der Waals surface area contributed by atoms with E-state index >= 15 is 0 Å². The maximum absolute atomic E-state index is 5.40. The van der Waals surface area contributed by atoms with Crippen molar-refractivity contribution in [3.8, 4) is 0 Å². The maximum Gasteiger partial charge on any atom is -0.00162 e. The molecular formula is C9H21NS. The number of thioether (sulfide) groups is 1. The van der Waals surface area contributed by atoms with Crippen molar-refractivity contribution in [3.05, 3.63) is 0 Å². The summed E-state index contributed by atoms with van der Waals surface area (Å²) in [5.41, 5.74) is 5.91. The van der Waals surface area contributed by atoms with E-state index in [1.165, 1.54) is 17.9 Å². The van der Waals surface area contributed by atoms with Gasteiger partial charge in [0.25, 0.3) is 0 Å². The normalized spacial score (nSPS) is 12.0. The molecule has 0 aliphatic rings. The van der Waals surface area contributed by atoms with Crippen LogP contribution in [0.3, 0.4) is 0 Å². The van der Waals surface area contributed by atoms with E-state index in [2.05, 4.69) is 20.8 Å². The fourth-order valence-corrected chi connectivity index (χ4v) is 1.91. The summed E-state index contributed by atoms with van der Waals surface area (Å²) in [5.74, 6) is 2.49. The van der Waals surface area contributed by atoms with Gasteiger partial charge in [-0.15, -0.1) is 0 Å². The van der Waals surface area contributed by atoms with Crippen molar-refractivity contribution in [3.63, 3.8) is 0 Å². The standard InChI is InChI=1S/C9H21NS/c1-4-9(2,3)8-11-7-5-6-10/h4-8,10H2,1-3H3. The van der Waals surface area contributed by atoms with Crippen molar-refractivity contribution >= 4 is 11.8 Å². The van der Waals surface area contributed by atoms with Crippen LogP contribution in [0.5, 0.6) is 0 Å². The minimum atomic E-state index is 0.513. The van der Waals surface area contributed by atoms with Crippen molar-refractivity contribution in [2.24, 2.45) is 11.1 Å². The summed E-state index contributed by atoms with van der Waals surface area (Å²) in [6, 6.07) is 0. The Balaban J connectivity index is 3.23. The third-order valence-corrected chi connectivity index (χ3v) is 3.51. The van der Waals surface area contributed by atoms with E-state index < -0.39 is 0 Å². The monoisotopic (exact) mass is 175 g/mol. The lowest BCUT2D eigenvalue weighted by Crippen LogP contribution is -2.13. The average Bonchev–Trinajstić information content (AvgIpc) is 1.99. The first kappa shape index (κ1) is 11.3. The summed E-state index contributed by atoms with van der Waals surface area (Å²) in [6.07, 6.45) is 2.42. The number of nitrogens with two attached hydrogens (primary N) is 1. The van der Waals surface area contributed by atoms with Gasteiger partial charge in [-0.2, -0.15) is 11.8 Å². The Morgan fingerprint density at radius 3 is 2.45 bits per heavy atom. The molecule has 0 bridgehead atoms. The zero-order valence-electron chi connectivity index (χ0n) is 8.02. The van der Waals surface area contributed by atoms with Crippen LogP contribution in [0, 0.1) is 5.41 Å². The lowest BCUT2D eigenvalue weighted by atomic mass is 9.93. The SMILES string of the molecule is CCC(C)(C)CSCCCN. The highest BCUT2D eigenvalue weighted by Gasteiger charge is 2.13. The minimum Gasteiger partial charge on any atom is -0.330 e. The molecule has 0 amide bonds. The molecule has 0 spiro atoms. The second kappa shape index (κ2) is 5.90. The van der Waals surface area contributed by atoms with Crippen molar-refractivity contribution in [2.45, 2.75) is 33.6 Å². The smallest absolute Gasteiger partial charge is 0.00162 e. The van der Waals surface area contributed by atoms with Crippen LogP contribution < -0.4 is 5.73 Å². The first-order chi connectivity index (χ1) is 5.12. The van der Waals surface area contributed by atoms with Gasteiger partial charge in [0.15, 0.2) is 0 Å². The van der Waals surface area contributed by atoms with E-state index in [9.17, 15) is 0 Å². The van der Waals surface area contributed by atoms with E-state index in [-0.39, 0.29) is 0 Å². The Bertz CT molecular complexity index is 91.6. The van der Waals surface area contributed by atoms with Gasteiger partial charge < -0.3 is 5.73 Å². The van der Waals surface area contributed by atoms with Gasteiger partial charge in [0.1, 0.15) is 0 Å². The summed E-state index contributed by atoms with van der Waals surface area (Å²) >= 11 is 2.03. The van der Waals surface area contributed by atoms with E-state index in [4.69, 9.17) is 5.73 Å². The molecule has 0 aromatic heterocycles. The zero-order chi connectivity index (χ0) is 8.74. The molecule has 0 fully saturated rings. The summed E-state index contributed by atoms with van der Waals surface area (Å²) in [7, 11) is 0. The molecule has 0 atom stereocenters. The molecule has 11 heavy (non-hydrogen) atoms. The predicted octanol–water partition coefficient (Wildman–Crippen LogP) is 2.50. The van der Waals surface area contributed by atoms with Crippen molar-refractivity contribution < 1.29 is 0 Å². The van der Waals surface area contributed by atoms with Crippen LogP contribution in [0.15, 0.2) is 0 Å². The molecule has 68 valence electrons. The predicted molar refractivity (Wildman–Crippen MR) is 55.1 cm³/mol. The van der Waals surface area contributed by atoms with Crippen LogP contribution in [0.4, 0.5) is 0 Å². The van der Waals surface area contributed by atoms with Crippen LogP contribution in [-0.2, 0) is 0 Å². The summed E-state index contributed by atoms with van der Waals surface area (Å²) in [6.45, 7) is 7.73. The second-order valence-corrected chi connectivity index (χ2v) is 4.82. The third-order valence-electron chi connectivity index (χ3n) is 1.94. The topological polar surface area (TPSA) is 26.0 Å². The van der Waals surface area contributed by atoms with Gasteiger partial charge in [-0.05, 0) is 29.9 Å². The van der Waals surface area contributed by atoms with Crippen LogP contribution in [0.2, 0.25) is 0 Å². The van der Waals surface area contributed by atoms with Crippen LogP contribution in [-0.4, -0.2) is 18.1 Å². The van der Waals surface area contributed by atoms with E-state index in [0.29, 0.717) is 5.41 Å². The molecule has 0 aliphatic heterocycles. The number of hydrogen-bond donors (Lipinski definition) is 1. The van der Waals surface area contributed by atoms with Gasteiger partial charge in [0, 0.05) is 0 Å². The van der Waals surface area contributed by atoms with Crippen LogP contribution in [0.25, 0.3) is 0 Å². The molecule has 0 aliphatic carbocycles. The molecule has 0 unspecified atom stereocenters. The lowest BCUT2D eigenvalue weighted by Gasteiger charge is -2.21. The molecule has 2 heteroatoms. The molecular weight excluding hydrogens is 154 g/mol. The van der Waals surface area contributed by atoms with E-state index in [0.717, 1.165) is 13.0 Å². The number of rotatable bonds is 6. The van der Waals surface area contributed by atoms with Gasteiger partial charge >= 0.3 is 0 Å². The van der Waals surface area contributed by atoms with Crippen molar-refractivity contribution in [1.82, 2.24) is 0 Å². The van der Waals surface area contributed by atoms with Crippen LogP contribution >= 0.6 is 11.8 Å². The first-order valence-corrected chi connectivity index (χ1v) is 5.55. The van der Waals surface area contributed by atoms with Gasteiger partial charge in [-0.3, -0.25) is 0 Å². The van der Waals surface area contributed by atoms with Crippen LogP contribution in [0.1, 0.15) is 33.6 Å². The third kappa shape index (κ3) is 6.70. The molecule has 0 aromatic carbocycles. The highest BCUT2D eigenvalue weighted by molar-refractivity contribution is 7.99. The van der Waals surface area contributed by atoms with Gasteiger partial charge in [0.05, 0.1) is 0 Å².